The van der Waals surface area contributed by atoms with Crippen LogP contribution in [0.25, 0.3) is 5.82 Å². The SMILES string of the molecule is CCc1cc(CC)n(-c2ncc[nH]c2=O)n1. The largest absolute Gasteiger partial charge is 0.324 e. The van der Waals surface area contributed by atoms with E-state index in [-0.39, 0.29) is 5.56 Å². The third-order valence-electron chi connectivity index (χ3n) is 2.45. The van der Waals surface area contributed by atoms with Gasteiger partial charge in [0.15, 0.2) is 0 Å². The average molecular weight is 218 g/mol. The molecule has 0 unspecified atom stereocenters. The van der Waals surface area contributed by atoms with Crippen LogP contribution in [-0.4, -0.2) is 19.7 Å². The number of aryl methyl sites for hydroxylation is 2. The van der Waals surface area contributed by atoms with Crippen molar-refractivity contribution < 1.29 is 0 Å². The highest BCUT2D eigenvalue weighted by Crippen LogP contribution is 2.09. The summed E-state index contributed by atoms with van der Waals surface area (Å²) in [5.41, 5.74) is 1.76. The van der Waals surface area contributed by atoms with Gasteiger partial charge in [0, 0.05) is 18.1 Å². The number of hydrogen-bond acceptors (Lipinski definition) is 3. The van der Waals surface area contributed by atoms with E-state index < -0.39 is 0 Å². The highest BCUT2D eigenvalue weighted by Gasteiger charge is 2.10. The van der Waals surface area contributed by atoms with Crippen molar-refractivity contribution >= 4 is 0 Å². The van der Waals surface area contributed by atoms with Gasteiger partial charge in [0.2, 0.25) is 5.82 Å². The molecule has 0 aromatic carbocycles. The summed E-state index contributed by atoms with van der Waals surface area (Å²) in [7, 11) is 0. The minimum atomic E-state index is -0.219. The van der Waals surface area contributed by atoms with Gasteiger partial charge in [-0.1, -0.05) is 13.8 Å². The molecule has 0 aliphatic carbocycles. The first-order chi connectivity index (χ1) is 7.76. The molecule has 0 atom stereocenters. The molecule has 0 amide bonds. The molecule has 0 bridgehead atoms. The van der Waals surface area contributed by atoms with Gasteiger partial charge in [0.25, 0.3) is 5.56 Å². The third kappa shape index (κ3) is 1.76. The zero-order valence-corrected chi connectivity index (χ0v) is 9.40. The number of H-pyrrole nitrogens is 1. The predicted octanol–water partition coefficient (Wildman–Crippen LogP) is 1.08. The molecule has 0 spiro atoms. The Labute approximate surface area is 93.2 Å². The van der Waals surface area contributed by atoms with Gasteiger partial charge in [-0.2, -0.15) is 5.10 Å². The lowest BCUT2D eigenvalue weighted by Crippen LogP contribution is -2.18. The van der Waals surface area contributed by atoms with Crippen molar-refractivity contribution in [1.29, 1.82) is 0 Å². The first-order valence-electron chi connectivity index (χ1n) is 5.38. The van der Waals surface area contributed by atoms with Crippen LogP contribution < -0.4 is 5.56 Å². The Bertz CT molecular complexity index is 541. The maximum absolute atomic E-state index is 11.6. The molecular weight excluding hydrogens is 204 g/mol. The Morgan fingerprint density at radius 3 is 2.81 bits per heavy atom. The van der Waals surface area contributed by atoms with Gasteiger partial charge in [-0.15, -0.1) is 0 Å². The molecule has 16 heavy (non-hydrogen) atoms. The molecule has 0 saturated carbocycles. The van der Waals surface area contributed by atoms with Crippen molar-refractivity contribution in [2.45, 2.75) is 26.7 Å². The topological polar surface area (TPSA) is 63.6 Å². The molecular formula is C11H14N4O. The van der Waals surface area contributed by atoms with Crippen LogP contribution >= 0.6 is 0 Å². The van der Waals surface area contributed by atoms with Crippen molar-refractivity contribution in [2.75, 3.05) is 0 Å². The van der Waals surface area contributed by atoms with E-state index in [2.05, 4.69) is 15.1 Å². The standard InChI is InChI=1S/C11H14N4O/c1-3-8-7-9(4-2)15(14-8)10-11(16)13-6-5-12-10/h5-7H,3-4H2,1-2H3,(H,13,16). The summed E-state index contributed by atoms with van der Waals surface area (Å²) < 4.78 is 1.62. The van der Waals surface area contributed by atoms with Crippen LogP contribution in [0.2, 0.25) is 0 Å². The minimum Gasteiger partial charge on any atom is -0.324 e. The summed E-state index contributed by atoms with van der Waals surface area (Å²) in [5.74, 6) is 0.332. The number of rotatable bonds is 3. The molecule has 0 radical (unpaired) electrons. The minimum absolute atomic E-state index is 0.219. The van der Waals surface area contributed by atoms with Crippen LogP contribution in [0.4, 0.5) is 0 Å². The Morgan fingerprint density at radius 2 is 2.19 bits per heavy atom. The summed E-state index contributed by atoms with van der Waals surface area (Å²) in [5, 5.41) is 4.36. The molecule has 0 fully saturated rings. The quantitative estimate of drug-likeness (QED) is 0.838. The summed E-state index contributed by atoms with van der Waals surface area (Å²) in [6, 6.07) is 2.01. The maximum atomic E-state index is 11.6. The van der Waals surface area contributed by atoms with Crippen LogP contribution in [0.5, 0.6) is 0 Å². The Kier molecular flexibility index (Phi) is 2.85. The number of hydrogen-bond donors (Lipinski definition) is 1. The fourth-order valence-corrected chi connectivity index (χ4v) is 1.58. The van der Waals surface area contributed by atoms with Crippen LogP contribution in [0, 0.1) is 0 Å². The van der Waals surface area contributed by atoms with E-state index in [0.717, 1.165) is 24.2 Å². The number of aromatic amines is 1. The summed E-state index contributed by atoms with van der Waals surface area (Å²) in [6.45, 7) is 4.07. The first-order valence-corrected chi connectivity index (χ1v) is 5.38. The van der Waals surface area contributed by atoms with E-state index in [1.54, 1.807) is 10.9 Å². The normalized spacial score (nSPS) is 10.6. The first kappa shape index (κ1) is 10.6. The highest BCUT2D eigenvalue weighted by atomic mass is 16.1. The van der Waals surface area contributed by atoms with Gasteiger partial charge in [0.1, 0.15) is 0 Å². The van der Waals surface area contributed by atoms with Gasteiger partial charge in [-0.25, -0.2) is 9.67 Å². The van der Waals surface area contributed by atoms with Crippen molar-refractivity contribution in [1.82, 2.24) is 19.7 Å². The van der Waals surface area contributed by atoms with Gasteiger partial charge >= 0.3 is 0 Å². The van der Waals surface area contributed by atoms with E-state index in [1.807, 2.05) is 19.9 Å². The molecule has 0 saturated heterocycles. The van der Waals surface area contributed by atoms with E-state index in [0.29, 0.717) is 5.82 Å². The fourth-order valence-electron chi connectivity index (χ4n) is 1.58. The zero-order valence-electron chi connectivity index (χ0n) is 9.40. The molecule has 5 nitrogen and oxygen atoms in total. The second kappa shape index (κ2) is 4.30. The number of aromatic nitrogens is 4. The van der Waals surface area contributed by atoms with E-state index in [4.69, 9.17) is 0 Å². The van der Waals surface area contributed by atoms with Gasteiger partial charge in [-0.3, -0.25) is 4.79 Å². The molecule has 0 aliphatic rings. The second-order valence-corrected chi connectivity index (χ2v) is 3.49. The molecule has 2 aromatic heterocycles. The fraction of sp³-hybridized carbons (Fsp3) is 0.364. The molecule has 1 N–H and O–H groups in total. The molecule has 0 aliphatic heterocycles. The highest BCUT2D eigenvalue weighted by molar-refractivity contribution is 5.23. The summed E-state index contributed by atoms with van der Waals surface area (Å²) in [6.07, 6.45) is 4.75. The smallest absolute Gasteiger partial charge is 0.293 e. The lowest BCUT2D eigenvalue weighted by Gasteiger charge is -2.02. The molecule has 2 rings (SSSR count). The Hall–Kier alpha value is -1.91. The molecule has 5 heteroatoms. The molecule has 2 aromatic rings. The van der Waals surface area contributed by atoms with Crippen molar-refractivity contribution in [3.63, 3.8) is 0 Å². The van der Waals surface area contributed by atoms with E-state index in [9.17, 15) is 4.79 Å². The third-order valence-corrected chi connectivity index (χ3v) is 2.45. The number of nitrogens with zero attached hydrogens (tertiary/aromatic N) is 3. The van der Waals surface area contributed by atoms with Crippen molar-refractivity contribution in [3.8, 4) is 5.82 Å². The van der Waals surface area contributed by atoms with Crippen molar-refractivity contribution in [3.05, 3.63) is 40.2 Å². The lowest BCUT2D eigenvalue weighted by atomic mass is 10.3. The average Bonchev–Trinajstić information content (AvgIpc) is 2.72. The van der Waals surface area contributed by atoms with Crippen LogP contribution in [-0.2, 0) is 12.8 Å². The molecule has 84 valence electrons. The van der Waals surface area contributed by atoms with E-state index >= 15 is 0 Å². The lowest BCUT2D eigenvalue weighted by molar-refractivity contribution is 0.759. The van der Waals surface area contributed by atoms with Crippen LogP contribution in [0.1, 0.15) is 25.2 Å². The van der Waals surface area contributed by atoms with Crippen LogP contribution in [0.3, 0.4) is 0 Å². The predicted molar refractivity (Wildman–Crippen MR) is 60.7 cm³/mol. The van der Waals surface area contributed by atoms with Crippen molar-refractivity contribution in [2.24, 2.45) is 0 Å². The Balaban J connectivity index is 2.59. The number of nitrogens with one attached hydrogen (secondary N) is 1. The second-order valence-electron chi connectivity index (χ2n) is 3.49. The monoisotopic (exact) mass is 218 g/mol. The molecule has 2 heterocycles. The van der Waals surface area contributed by atoms with Gasteiger partial charge < -0.3 is 4.98 Å². The van der Waals surface area contributed by atoms with Gasteiger partial charge in [0.05, 0.1) is 5.69 Å². The van der Waals surface area contributed by atoms with E-state index in [1.165, 1.54) is 6.20 Å². The summed E-state index contributed by atoms with van der Waals surface area (Å²) >= 11 is 0. The Morgan fingerprint density at radius 1 is 1.38 bits per heavy atom. The van der Waals surface area contributed by atoms with Crippen LogP contribution in [0.15, 0.2) is 23.3 Å². The van der Waals surface area contributed by atoms with Gasteiger partial charge in [-0.05, 0) is 18.9 Å². The maximum Gasteiger partial charge on any atom is 0.293 e. The summed E-state index contributed by atoms with van der Waals surface area (Å²) in [4.78, 5) is 18.3. The zero-order chi connectivity index (χ0) is 11.5.